The number of nitrogens with one attached hydrogen (secondary N) is 1. The lowest BCUT2D eigenvalue weighted by Crippen LogP contribution is -2.32. The summed E-state index contributed by atoms with van der Waals surface area (Å²) in [4.78, 5) is 6.12. The highest BCUT2D eigenvalue weighted by atomic mass is 19.4. The number of likely N-dealkylation sites (tertiary alicyclic amines) is 1. The Morgan fingerprint density at radius 1 is 1.03 bits per heavy atom. The van der Waals surface area contributed by atoms with Crippen molar-refractivity contribution in [2.24, 2.45) is 17.8 Å². The van der Waals surface area contributed by atoms with Crippen molar-refractivity contribution in [1.29, 1.82) is 0 Å². The Kier molecular flexibility index (Phi) is 6.03. The molecular weight excluding hydrogens is 419 g/mol. The minimum Gasteiger partial charge on any atom is -0.381 e. The molecule has 32 heavy (non-hydrogen) atoms. The summed E-state index contributed by atoms with van der Waals surface area (Å²) in [6.07, 6.45) is 1.15. The summed E-state index contributed by atoms with van der Waals surface area (Å²) in [5.74, 6) is 2.77. The molecule has 0 aromatic carbocycles. The molecule has 1 N–H and O–H groups in total. The highest BCUT2D eigenvalue weighted by molar-refractivity contribution is 5.62. The third kappa shape index (κ3) is 4.73. The van der Waals surface area contributed by atoms with Crippen LogP contribution in [0.3, 0.4) is 0 Å². The van der Waals surface area contributed by atoms with E-state index in [0.29, 0.717) is 23.7 Å². The van der Waals surface area contributed by atoms with Crippen molar-refractivity contribution in [1.82, 2.24) is 20.1 Å². The van der Waals surface area contributed by atoms with Crippen LogP contribution in [0.15, 0.2) is 30.5 Å². The maximum Gasteiger partial charge on any atom is 0.434 e. The van der Waals surface area contributed by atoms with Crippen molar-refractivity contribution in [3.8, 4) is 11.3 Å². The van der Waals surface area contributed by atoms with Gasteiger partial charge in [-0.05, 0) is 67.7 Å². The fourth-order valence-corrected chi connectivity index (χ4v) is 5.56. The molecule has 4 heterocycles. The van der Waals surface area contributed by atoms with Crippen molar-refractivity contribution < 1.29 is 17.9 Å². The molecule has 3 fully saturated rings. The van der Waals surface area contributed by atoms with Gasteiger partial charge in [-0.2, -0.15) is 13.2 Å². The molecule has 2 aromatic rings. The van der Waals surface area contributed by atoms with Crippen LogP contribution in [0.5, 0.6) is 0 Å². The zero-order valence-corrected chi connectivity index (χ0v) is 17.9. The molecule has 3 atom stereocenters. The number of nitrogens with zero attached hydrogens (tertiary/aromatic N) is 4. The maximum absolute atomic E-state index is 13.2. The second kappa shape index (κ2) is 8.94. The minimum atomic E-state index is -4.53. The van der Waals surface area contributed by atoms with E-state index in [1.807, 2.05) is 0 Å². The lowest BCUT2D eigenvalue weighted by Gasteiger charge is -2.27. The summed E-state index contributed by atoms with van der Waals surface area (Å²) >= 11 is 0. The van der Waals surface area contributed by atoms with Crippen LogP contribution in [0, 0.1) is 17.8 Å². The van der Waals surface area contributed by atoms with Crippen LogP contribution in [0.25, 0.3) is 11.3 Å². The van der Waals surface area contributed by atoms with Gasteiger partial charge in [0.15, 0.2) is 5.69 Å². The number of ether oxygens (including phenoxy) is 1. The van der Waals surface area contributed by atoms with Gasteiger partial charge in [0, 0.05) is 50.7 Å². The predicted octanol–water partition coefficient (Wildman–Crippen LogP) is 4.11. The van der Waals surface area contributed by atoms with Gasteiger partial charge < -0.3 is 15.0 Å². The number of rotatable bonds is 5. The minimum absolute atomic E-state index is 0.0564. The van der Waals surface area contributed by atoms with Gasteiger partial charge in [-0.25, -0.2) is 0 Å². The van der Waals surface area contributed by atoms with E-state index < -0.39 is 11.9 Å². The summed E-state index contributed by atoms with van der Waals surface area (Å²) < 4.78 is 45.1. The third-order valence-corrected chi connectivity index (χ3v) is 7.05. The van der Waals surface area contributed by atoms with Gasteiger partial charge in [0.05, 0.1) is 5.69 Å². The molecule has 172 valence electrons. The zero-order valence-electron chi connectivity index (χ0n) is 17.9. The Morgan fingerprint density at radius 2 is 1.78 bits per heavy atom. The van der Waals surface area contributed by atoms with Crippen molar-refractivity contribution in [3.05, 3.63) is 36.2 Å². The quantitative estimate of drug-likeness (QED) is 0.745. The first-order valence-electron chi connectivity index (χ1n) is 11.4. The van der Waals surface area contributed by atoms with Gasteiger partial charge >= 0.3 is 6.18 Å². The Hall–Kier alpha value is -2.26. The van der Waals surface area contributed by atoms with Crippen molar-refractivity contribution >= 4 is 5.82 Å². The number of hydrogen-bond acceptors (Lipinski definition) is 6. The zero-order chi connectivity index (χ0) is 22.1. The molecule has 3 aliphatic rings. The van der Waals surface area contributed by atoms with E-state index in [4.69, 9.17) is 4.74 Å². The predicted molar refractivity (Wildman–Crippen MR) is 114 cm³/mol. The van der Waals surface area contributed by atoms with E-state index in [0.717, 1.165) is 51.3 Å². The second-order valence-electron chi connectivity index (χ2n) is 9.31. The summed E-state index contributed by atoms with van der Waals surface area (Å²) in [6.45, 7) is 5.30. The first-order valence-corrected chi connectivity index (χ1v) is 11.4. The summed E-state index contributed by atoms with van der Waals surface area (Å²) in [6, 6.07) is 6.46. The summed E-state index contributed by atoms with van der Waals surface area (Å²) in [7, 11) is 0. The molecule has 5 rings (SSSR count). The van der Waals surface area contributed by atoms with E-state index >= 15 is 0 Å². The molecule has 0 amide bonds. The topological polar surface area (TPSA) is 63.2 Å². The molecule has 1 aliphatic carbocycles. The van der Waals surface area contributed by atoms with E-state index in [9.17, 15) is 13.2 Å². The summed E-state index contributed by atoms with van der Waals surface area (Å²) in [5, 5.41) is 11.6. The smallest absolute Gasteiger partial charge is 0.381 e. The molecule has 6 nitrogen and oxygen atoms in total. The van der Waals surface area contributed by atoms with Crippen molar-refractivity contribution in [3.63, 3.8) is 0 Å². The molecule has 2 unspecified atom stereocenters. The maximum atomic E-state index is 13.2. The molecular formula is C23H28F3N5O. The van der Waals surface area contributed by atoms with Crippen molar-refractivity contribution in [2.75, 3.05) is 38.2 Å². The van der Waals surface area contributed by atoms with Crippen LogP contribution in [0.1, 0.15) is 31.4 Å². The highest BCUT2D eigenvalue weighted by Crippen LogP contribution is 2.40. The van der Waals surface area contributed by atoms with Crippen LogP contribution in [-0.4, -0.2) is 59.0 Å². The van der Waals surface area contributed by atoms with Crippen LogP contribution >= 0.6 is 0 Å². The molecule has 0 radical (unpaired) electrons. The molecule has 2 aliphatic heterocycles. The van der Waals surface area contributed by atoms with E-state index in [2.05, 4.69) is 25.4 Å². The lowest BCUT2D eigenvalue weighted by molar-refractivity contribution is -0.140. The van der Waals surface area contributed by atoms with Gasteiger partial charge in [0.1, 0.15) is 5.82 Å². The number of alkyl halides is 3. The molecule has 9 heteroatoms. The van der Waals surface area contributed by atoms with Crippen LogP contribution < -0.4 is 5.32 Å². The number of fused-ring (bicyclic) bond motifs is 1. The Balaban J connectivity index is 1.16. The standard InChI is InChI=1S/C23H28F3N5O/c24-23(25,26)22-19(2-1-7-27-22)20-3-4-21(30-29-20)28-18-10-16-13-31(14-17(16)11-18)12-15-5-8-32-9-6-15/h1-4,7,15-18H,5-6,8-14H2,(H,28,30)/t16-,17?,18?/m1/s1. The monoisotopic (exact) mass is 447 g/mol. The first-order chi connectivity index (χ1) is 15.5. The molecule has 2 aromatic heterocycles. The van der Waals surface area contributed by atoms with Crippen LogP contribution in [-0.2, 0) is 10.9 Å². The molecule has 0 bridgehead atoms. The number of aromatic nitrogens is 3. The Bertz CT molecular complexity index is 903. The normalized spacial score (nSPS) is 26.9. The largest absolute Gasteiger partial charge is 0.434 e. The van der Waals surface area contributed by atoms with Crippen LogP contribution in [0.4, 0.5) is 19.0 Å². The van der Waals surface area contributed by atoms with Gasteiger partial charge in [0.25, 0.3) is 0 Å². The SMILES string of the molecule is FC(F)(F)c1ncccc1-c1ccc(NC2CC3CN(CC4CCOCC4)C[C@H]3C2)nn1. The second-order valence-corrected chi connectivity index (χ2v) is 9.31. The van der Waals surface area contributed by atoms with Crippen LogP contribution in [0.2, 0.25) is 0 Å². The van der Waals surface area contributed by atoms with Gasteiger partial charge in [-0.1, -0.05) is 0 Å². The van der Waals surface area contributed by atoms with Gasteiger partial charge in [0.2, 0.25) is 0 Å². The number of hydrogen-bond donors (Lipinski definition) is 1. The number of halogens is 3. The Morgan fingerprint density at radius 3 is 2.44 bits per heavy atom. The van der Waals surface area contributed by atoms with Gasteiger partial charge in [-0.3, -0.25) is 4.98 Å². The third-order valence-electron chi connectivity index (χ3n) is 7.05. The van der Waals surface area contributed by atoms with Crippen molar-refractivity contribution in [2.45, 2.75) is 37.9 Å². The lowest BCUT2D eigenvalue weighted by atomic mass is 10.00. The Labute approximate surface area is 185 Å². The first kappa shape index (κ1) is 21.6. The van der Waals surface area contributed by atoms with E-state index in [1.54, 1.807) is 12.1 Å². The number of anilines is 1. The molecule has 1 saturated carbocycles. The average Bonchev–Trinajstić information content (AvgIpc) is 3.32. The molecule has 0 spiro atoms. The van der Waals surface area contributed by atoms with E-state index in [1.165, 1.54) is 31.5 Å². The van der Waals surface area contributed by atoms with E-state index in [-0.39, 0.29) is 11.3 Å². The highest BCUT2D eigenvalue weighted by Gasteiger charge is 2.41. The average molecular weight is 448 g/mol. The number of pyridine rings is 1. The fourth-order valence-electron chi connectivity index (χ4n) is 5.56. The van der Waals surface area contributed by atoms with Gasteiger partial charge in [-0.15, -0.1) is 10.2 Å². The molecule has 2 saturated heterocycles. The summed E-state index contributed by atoms with van der Waals surface area (Å²) in [5.41, 5.74) is -0.828. The fraction of sp³-hybridized carbons (Fsp3) is 0.609.